The lowest BCUT2D eigenvalue weighted by atomic mass is 10.2. The van der Waals surface area contributed by atoms with Crippen LogP contribution >= 0.6 is 47.2 Å². The minimum absolute atomic E-state index is 0.162. The van der Waals surface area contributed by atoms with Gasteiger partial charge in [-0.2, -0.15) is 0 Å². The minimum atomic E-state index is -0.162. The van der Waals surface area contributed by atoms with Crippen LogP contribution in [-0.2, 0) is 4.79 Å². The van der Waals surface area contributed by atoms with Crippen LogP contribution in [0.3, 0.4) is 0 Å². The van der Waals surface area contributed by atoms with Crippen LogP contribution in [0.15, 0.2) is 60.0 Å². The maximum Gasteiger partial charge on any atom is 0.266 e. The second-order valence-electron chi connectivity index (χ2n) is 5.90. The first kappa shape index (κ1) is 21.7. The molecule has 1 aliphatic heterocycles. The Hall–Kier alpha value is -1.99. The summed E-state index contributed by atoms with van der Waals surface area (Å²) in [6.07, 6.45) is 3.34. The molecule has 0 aliphatic carbocycles. The second kappa shape index (κ2) is 10.2. The number of rotatable bonds is 8. The van der Waals surface area contributed by atoms with E-state index in [-0.39, 0.29) is 12.5 Å². The Morgan fingerprint density at radius 1 is 1.10 bits per heavy atom. The van der Waals surface area contributed by atoms with E-state index in [0.29, 0.717) is 43.7 Å². The van der Waals surface area contributed by atoms with Crippen LogP contribution in [0.4, 0.5) is 0 Å². The fourth-order valence-corrected chi connectivity index (χ4v) is 4.45. The average Bonchev–Trinajstić information content (AvgIpc) is 2.95. The normalized spacial score (nSPS) is 15.1. The van der Waals surface area contributed by atoms with E-state index >= 15 is 0 Å². The van der Waals surface area contributed by atoms with Crippen LogP contribution in [0.5, 0.6) is 11.5 Å². The molecule has 0 N–H and O–H groups in total. The molecule has 1 amide bonds. The summed E-state index contributed by atoms with van der Waals surface area (Å²) in [4.78, 5) is 14.4. The van der Waals surface area contributed by atoms with Gasteiger partial charge in [0.05, 0.1) is 15.0 Å². The first-order valence-electron chi connectivity index (χ1n) is 8.65. The van der Waals surface area contributed by atoms with Crippen molar-refractivity contribution in [2.75, 3.05) is 19.8 Å². The van der Waals surface area contributed by atoms with E-state index in [4.69, 9.17) is 44.9 Å². The van der Waals surface area contributed by atoms with Crippen LogP contribution < -0.4 is 9.47 Å². The van der Waals surface area contributed by atoms with Crippen molar-refractivity contribution in [1.82, 2.24) is 4.90 Å². The lowest BCUT2D eigenvalue weighted by Gasteiger charge is -2.12. The molecule has 3 rings (SSSR count). The summed E-state index contributed by atoms with van der Waals surface area (Å²) in [5.74, 6) is 0.976. The van der Waals surface area contributed by atoms with Gasteiger partial charge in [-0.3, -0.25) is 9.69 Å². The van der Waals surface area contributed by atoms with E-state index in [9.17, 15) is 4.79 Å². The highest BCUT2D eigenvalue weighted by Gasteiger charge is 2.31. The summed E-state index contributed by atoms with van der Waals surface area (Å²) in [5, 5.41) is 0.704. The molecule has 4 nitrogen and oxygen atoms in total. The highest BCUT2D eigenvalue weighted by atomic mass is 35.5. The van der Waals surface area contributed by atoms with E-state index in [1.54, 1.807) is 24.3 Å². The van der Waals surface area contributed by atoms with E-state index in [0.717, 1.165) is 5.75 Å². The summed E-state index contributed by atoms with van der Waals surface area (Å²) in [6, 6.07) is 12.8. The Morgan fingerprint density at radius 2 is 1.76 bits per heavy atom. The molecule has 0 bridgehead atoms. The van der Waals surface area contributed by atoms with Crippen molar-refractivity contribution in [3.8, 4) is 11.5 Å². The third kappa shape index (κ3) is 5.54. The third-order valence-electron chi connectivity index (χ3n) is 3.85. The molecule has 0 saturated carbocycles. The van der Waals surface area contributed by atoms with Crippen molar-refractivity contribution in [2.24, 2.45) is 0 Å². The molecule has 0 spiro atoms. The molecule has 29 heavy (non-hydrogen) atoms. The van der Waals surface area contributed by atoms with Crippen LogP contribution in [0, 0.1) is 0 Å². The molecule has 2 aromatic rings. The van der Waals surface area contributed by atoms with Crippen molar-refractivity contribution in [3.63, 3.8) is 0 Å². The second-order valence-corrected chi connectivity index (χ2v) is 8.39. The van der Waals surface area contributed by atoms with Gasteiger partial charge in [0.15, 0.2) is 5.75 Å². The molecule has 2 aromatic carbocycles. The van der Waals surface area contributed by atoms with Crippen LogP contribution in [0.1, 0.15) is 5.56 Å². The van der Waals surface area contributed by atoms with Gasteiger partial charge < -0.3 is 9.47 Å². The highest BCUT2D eigenvalue weighted by molar-refractivity contribution is 8.26. The lowest BCUT2D eigenvalue weighted by molar-refractivity contribution is -0.121. The largest absolute Gasteiger partial charge is 0.490 e. The lowest BCUT2D eigenvalue weighted by Crippen LogP contribution is -2.27. The van der Waals surface area contributed by atoms with E-state index in [1.807, 2.05) is 30.3 Å². The summed E-state index contributed by atoms with van der Waals surface area (Å²) in [6.45, 7) is 4.66. The zero-order valence-corrected chi connectivity index (χ0v) is 18.4. The molecular weight excluding hydrogens is 449 g/mol. The van der Waals surface area contributed by atoms with Gasteiger partial charge in [0.1, 0.15) is 23.3 Å². The molecule has 0 unspecified atom stereocenters. The van der Waals surface area contributed by atoms with Gasteiger partial charge in [-0.15, -0.1) is 6.58 Å². The number of thioether (sulfide) groups is 1. The van der Waals surface area contributed by atoms with Crippen molar-refractivity contribution in [1.29, 1.82) is 0 Å². The molecule has 0 atom stereocenters. The first-order chi connectivity index (χ1) is 14.0. The fourth-order valence-electron chi connectivity index (χ4n) is 2.56. The number of thiocarbonyl (C=S) groups is 1. The number of ether oxygens (including phenoxy) is 2. The van der Waals surface area contributed by atoms with Gasteiger partial charge in [0.25, 0.3) is 5.91 Å². The summed E-state index contributed by atoms with van der Waals surface area (Å²) >= 11 is 19.2. The number of para-hydroxylation sites is 1. The van der Waals surface area contributed by atoms with E-state index in [2.05, 4.69) is 6.58 Å². The predicted octanol–water partition coefficient (Wildman–Crippen LogP) is 5.84. The molecule has 1 saturated heterocycles. The van der Waals surface area contributed by atoms with Crippen molar-refractivity contribution in [2.45, 2.75) is 0 Å². The number of halogens is 2. The molecule has 1 heterocycles. The fraction of sp³-hybridized carbons (Fsp3) is 0.143. The molecule has 8 heteroatoms. The summed E-state index contributed by atoms with van der Waals surface area (Å²) in [5.41, 5.74) is 0.687. The molecule has 150 valence electrons. The third-order valence-corrected chi connectivity index (χ3v) is 5.78. The van der Waals surface area contributed by atoms with Crippen LogP contribution in [-0.4, -0.2) is 34.9 Å². The Labute approximate surface area is 189 Å². The topological polar surface area (TPSA) is 38.8 Å². The predicted molar refractivity (Wildman–Crippen MR) is 124 cm³/mol. The van der Waals surface area contributed by atoms with E-state index in [1.165, 1.54) is 16.7 Å². The highest BCUT2D eigenvalue weighted by Crippen LogP contribution is 2.37. The summed E-state index contributed by atoms with van der Waals surface area (Å²) < 4.78 is 11.8. The van der Waals surface area contributed by atoms with Crippen molar-refractivity contribution >= 4 is 63.5 Å². The molecule has 1 aliphatic rings. The van der Waals surface area contributed by atoms with Crippen LogP contribution in [0.2, 0.25) is 10.0 Å². The van der Waals surface area contributed by atoms with Gasteiger partial charge in [0.2, 0.25) is 0 Å². The smallest absolute Gasteiger partial charge is 0.266 e. The van der Waals surface area contributed by atoms with Crippen LogP contribution in [0.25, 0.3) is 6.08 Å². The first-order valence-corrected chi connectivity index (χ1v) is 10.6. The van der Waals surface area contributed by atoms with Crippen molar-refractivity contribution in [3.05, 3.63) is 75.6 Å². The Bertz CT molecular complexity index is 941. The zero-order chi connectivity index (χ0) is 20.8. The van der Waals surface area contributed by atoms with Crippen molar-refractivity contribution < 1.29 is 14.3 Å². The SMILES string of the molecule is C=CCN1C(=O)C(=Cc2cc(Cl)c(OCCOc3ccccc3)c(Cl)c2)SC1=S. The maximum atomic E-state index is 12.4. The quantitative estimate of drug-likeness (QED) is 0.212. The van der Waals surface area contributed by atoms with Gasteiger partial charge in [-0.05, 0) is 35.9 Å². The molecule has 0 aromatic heterocycles. The monoisotopic (exact) mass is 465 g/mol. The number of hydrogen-bond acceptors (Lipinski definition) is 5. The Morgan fingerprint density at radius 3 is 2.41 bits per heavy atom. The number of amides is 1. The maximum absolute atomic E-state index is 12.4. The van der Waals surface area contributed by atoms with Gasteiger partial charge in [-0.25, -0.2) is 0 Å². The Balaban J connectivity index is 1.65. The van der Waals surface area contributed by atoms with Gasteiger partial charge in [-0.1, -0.05) is 71.5 Å². The number of hydrogen-bond donors (Lipinski definition) is 0. The number of carbonyl (C=O) groups is 1. The number of carbonyl (C=O) groups excluding carboxylic acids is 1. The number of benzene rings is 2. The zero-order valence-electron chi connectivity index (χ0n) is 15.3. The van der Waals surface area contributed by atoms with E-state index < -0.39 is 0 Å². The molecular formula is C21H17Cl2NO3S2. The molecule has 0 radical (unpaired) electrons. The molecule has 1 fully saturated rings. The van der Waals surface area contributed by atoms with Gasteiger partial charge in [0, 0.05) is 6.54 Å². The average molecular weight is 466 g/mol. The minimum Gasteiger partial charge on any atom is -0.490 e. The standard InChI is InChI=1S/C21H17Cl2NO3S2/c1-2-8-24-20(25)18(29-21(24)28)13-14-11-16(22)19(17(23)12-14)27-10-9-26-15-6-4-3-5-7-15/h2-7,11-13H,1,8-10H2. The number of nitrogens with zero attached hydrogens (tertiary/aromatic N) is 1. The Kier molecular flexibility index (Phi) is 7.61. The summed E-state index contributed by atoms with van der Waals surface area (Å²) in [7, 11) is 0. The van der Waals surface area contributed by atoms with Gasteiger partial charge >= 0.3 is 0 Å².